The molecule has 0 radical (unpaired) electrons. The first-order valence-corrected chi connectivity index (χ1v) is 5.25. The van der Waals surface area contributed by atoms with Crippen molar-refractivity contribution in [1.82, 2.24) is 15.2 Å². The van der Waals surface area contributed by atoms with E-state index in [9.17, 15) is 4.79 Å². The number of carbonyl (C=O) groups is 1. The van der Waals surface area contributed by atoms with Crippen LogP contribution in [-0.4, -0.2) is 34.9 Å². The monoisotopic (exact) mass is 249 g/mol. The van der Waals surface area contributed by atoms with E-state index in [0.29, 0.717) is 11.3 Å². The molecule has 2 rings (SSSR count). The first-order chi connectivity index (χ1) is 8.76. The van der Waals surface area contributed by atoms with Gasteiger partial charge in [-0.2, -0.15) is 0 Å². The summed E-state index contributed by atoms with van der Waals surface area (Å²) in [6, 6.07) is 1.65. The molecular weight excluding hydrogens is 238 g/mol. The molecule has 94 valence electrons. The van der Waals surface area contributed by atoms with Gasteiger partial charge in [0.2, 0.25) is 0 Å². The predicted molar refractivity (Wildman–Crippen MR) is 60.0 cm³/mol. The minimum absolute atomic E-state index is 0.178. The smallest absolute Gasteiger partial charge is 0.396 e. The zero-order valence-electron chi connectivity index (χ0n) is 9.91. The summed E-state index contributed by atoms with van der Waals surface area (Å²) >= 11 is 0. The van der Waals surface area contributed by atoms with Crippen molar-refractivity contribution in [1.29, 1.82) is 0 Å². The second-order valence-corrected chi connectivity index (χ2v) is 3.21. The van der Waals surface area contributed by atoms with Crippen LogP contribution in [0.5, 0.6) is 5.75 Å². The molecule has 0 aliphatic rings. The summed E-state index contributed by atoms with van der Waals surface area (Å²) in [5.74, 6) is -0.177. The Morgan fingerprint density at radius 3 is 3.00 bits per heavy atom. The Hall–Kier alpha value is -2.44. The molecule has 0 bridgehead atoms. The topological polar surface area (TPSA) is 87.3 Å². The standard InChI is InChI=1S/C11H11N3O4/c1-3-17-11(15)10-14-13-9(18-10)7-4-5-12-6-8(7)16-2/h4-6H,3H2,1-2H3. The van der Waals surface area contributed by atoms with Gasteiger partial charge in [-0.3, -0.25) is 4.98 Å². The van der Waals surface area contributed by atoms with E-state index in [4.69, 9.17) is 13.9 Å². The fraction of sp³-hybridized carbons (Fsp3) is 0.273. The van der Waals surface area contributed by atoms with Gasteiger partial charge in [0.15, 0.2) is 0 Å². The summed E-state index contributed by atoms with van der Waals surface area (Å²) in [6.07, 6.45) is 3.08. The largest absolute Gasteiger partial charge is 0.494 e. The average Bonchev–Trinajstić information content (AvgIpc) is 2.88. The third kappa shape index (κ3) is 2.29. The van der Waals surface area contributed by atoms with E-state index in [-0.39, 0.29) is 18.4 Å². The van der Waals surface area contributed by atoms with E-state index in [2.05, 4.69) is 15.2 Å². The second kappa shape index (κ2) is 5.26. The molecular formula is C11H11N3O4. The molecule has 0 unspecified atom stereocenters. The quantitative estimate of drug-likeness (QED) is 0.755. The predicted octanol–water partition coefficient (Wildman–Crippen LogP) is 1.32. The lowest BCUT2D eigenvalue weighted by molar-refractivity contribution is 0.0481. The Labute approximate surface area is 103 Å². The number of pyridine rings is 1. The van der Waals surface area contributed by atoms with Gasteiger partial charge in [-0.15, -0.1) is 10.2 Å². The van der Waals surface area contributed by atoms with Crippen LogP contribution in [0.25, 0.3) is 11.5 Å². The van der Waals surface area contributed by atoms with Crippen molar-refractivity contribution in [3.63, 3.8) is 0 Å². The first-order valence-electron chi connectivity index (χ1n) is 5.25. The number of nitrogens with zero attached hydrogens (tertiary/aromatic N) is 3. The lowest BCUT2D eigenvalue weighted by Gasteiger charge is -2.02. The van der Waals surface area contributed by atoms with Crippen LogP contribution in [0.4, 0.5) is 0 Å². The molecule has 0 atom stereocenters. The molecule has 0 saturated heterocycles. The summed E-state index contributed by atoms with van der Waals surface area (Å²) in [5, 5.41) is 7.39. The number of aromatic nitrogens is 3. The molecule has 0 aliphatic carbocycles. The third-order valence-electron chi connectivity index (χ3n) is 2.11. The highest BCUT2D eigenvalue weighted by molar-refractivity contribution is 5.84. The molecule has 2 aromatic rings. The number of esters is 1. The molecule has 18 heavy (non-hydrogen) atoms. The number of rotatable bonds is 4. The third-order valence-corrected chi connectivity index (χ3v) is 2.11. The van der Waals surface area contributed by atoms with E-state index < -0.39 is 5.97 Å². The second-order valence-electron chi connectivity index (χ2n) is 3.21. The van der Waals surface area contributed by atoms with Gasteiger partial charge in [-0.05, 0) is 13.0 Å². The fourth-order valence-corrected chi connectivity index (χ4v) is 1.33. The average molecular weight is 249 g/mol. The van der Waals surface area contributed by atoms with Crippen LogP contribution in [0.1, 0.15) is 17.6 Å². The molecule has 0 spiro atoms. The van der Waals surface area contributed by atoms with Crippen molar-refractivity contribution in [2.24, 2.45) is 0 Å². The maximum atomic E-state index is 11.4. The van der Waals surface area contributed by atoms with Crippen LogP contribution in [0.2, 0.25) is 0 Å². The van der Waals surface area contributed by atoms with Gasteiger partial charge in [0.05, 0.1) is 25.5 Å². The molecule has 2 heterocycles. The van der Waals surface area contributed by atoms with Crippen LogP contribution in [0.3, 0.4) is 0 Å². The number of hydrogen-bond acceptors (Lipinski definition) is 7. The van der Waals surface area contributed by atoms with E-state index in [1.807, 2.05) is 0 Å². The molecule has 7 heteroatoms. The van der Waals surface area contributed by atoms with Gasteiger partial charge in [0.25, 0.3) is 5.89 Å². The lowest BCUT2D eigenvalue weighted by Crippen LogP contribution is -2.04. The highest BCUT2D eigenvalue weighted by atomic mass is 16.5. The zero-order valence-corrected chi connectivity index (χ0v) is 9.91. The van der Waals surface area contributed by atoms with Crippen LogP contribution in [-0.2, 0) is 4.74 Å². The first kappa shape index (κ1) is 12.0. The number of carbonyl (C=O) groups excluding carboxylic acids is 1. The molecule has 0 saturated carbocycles. The fourth-order valence-electron chi connectivity index (χ4n) is 1.33. The van der Waals surface area contributed by atoms with Gasteiger partial charge in [0.1, 0.15) is 5.75 Å². The Kier molecular flexibility index (Phi) is 3.52. The van der Waals surface area contributed by atoms with Gasteiger partial charge in [-0.25, -0.2) is 4.79 Å². The van der Waals surface area contributed by atoms with Crippen molar-refractivity contribution in [2.45, 2.75) is 6.92 Å². The molecule has 7 nitrogen and oxygen atoms in total. The van der Waals surface area contributed by atoms with E-state index in [1.54, 1.807) is 19.2 Å². The van der Waals surface area contributed by atoms with Crippen LogP contribution >= 0.6 is 0 Å². The van der Waals surface area contributed by atoms with E-state index >= 15 is 0 Å². The van der Waals surface area contributed by atoms with E-state index in [1.165, 1.54) is 13.3 Å². The number of ether oxygens (including phenoxy) is 2. The SMILES string of the molecule is CCOC(=O)c1nnc(-c2ccncc2OC)o1. The lowest BCUT2D eigenvalue weighted by atomic mass is 10.2. The Balaban J connectivity index is 2.32. The Morgan fingerprint density at radius 1 is 1.44 bits per heavy atom. The summed E-state index contributed by atoms with van der Waals surface area (Å²) in [5.41, 5.74) is 0.565. The minimum atomic E-state index is -0.649. The highest BCUT2D eigenvalue weighted by Crippen LogP contribution is 2.27. The molecule has 0 aliphatic heterocycles. The summed E-state index contributed by atoms with van der Waals surface area (Å²) in [6.45, 7) is 1.94. The maximum Gasteiger partial charge on any atom is 0.396 e. The van der Waals surface area contributed by atoms with Crippen molar-refractivity contribution < 1.29 is 18.7 Å². The minimum Gasteiger partial charge on any atom is -0.494 e. The van der Waals surface area contributed by atoms with Gasteiger partial charge in [-0.1, -0.05) is 0 Å². The van der Waals surface area contributed by atoms with Gasteiger partial charge < -0.3 is 13.9 Å². The summed E-state index contributed by atoms with van der Waals surface area (Å²) in [7, 11) is 1.50. The van der Waals surface area contributed by atoms with Gasteiger partial charge in [0, 0.05) is 6.20 Å². The Bertz CT molecular complexity index is 553. The maximum absolute atomic E-state index is 11.4. The number of hydrogen-bond donors (Lipinski definition) is 0. The molecule has 0 N–H and O–H groups in total. The van der Waals surface area contributed by atoms with Crippen LogP contribution in [0.15, 0.2) is 22.9 Å². The molecule has 0 fully saturated rings. The van der Waals surface area contributed by atoms with Crippen molar-refractivity contribution in [3.8, 4) is 17.2 Å². The summed E-state index contributed by atoms with van der Waals surface area (Å²) in [4.78, 5) is 15.3. The van der Waals surface area contributed by atoms with Crippen LogP contribution in [0, 0.1) is 0 Å². The van der Waals surface area contributed by atoms with Crippen LogP contribution < -0.4 is 4.74 Å². The normalized spacial score (nSPS) is 10.1. The molecule has 2 aromatic heterocycles. The van der Waals surface area contributed by atoms with Gasteiger partial charge >= 0.3 is 11.9 Å². The summed E-state index contributed by atoms with van der Waals surface area (Å²) < 4.78 is 15.1. The Morgan fingerprint density at radius 2 is 2.28 bits per heavy atom. The van der Waals surface area contributed by atoms with E-state index in [0.717, 1.165) is 0 Å². The van der Waals surface area contributed by atoms with Crippen molar-refractivity contribution >= 4 is 5.97 Å². The molecule has 0 amide bonds. The highest BCUT2D eigenvalue weighted by Gasteiger charge is 2.18. The molecule has 0 aromatic carbocycles. The van der Waals surface area contributed by atoms with Crippen molar-refractivity contribution in [2.75, 3.05) is 13.7 Å². The van der Waals surface area contributed by atoms with Crippen molar-refractivity contribution in [3.05, 3.63) is 24.4 Å². The zero-order chi connectivity index (χ0) is 13.0. The number of methoxy groups -OCH3 is 1.